The second kappa shape index (κ2) is 7.12. The molecule has 0 spiro atoms. The number of hydrogen-bond acceptors (Lipinski definition) is 2. The molecule has 0 radical (unpaired) electrons. The maximum atomic E-state index is 11.2. The Morgan fingerprint density at radius 1 is 1.00 bits per heavy atom. The van der Waals surface area contributed by atoms with Crippen LogP contribution in [0.15, 0.2) is 48.5 Å². The number of ether oxygens (including phenoxy) is 1. The molecule has 3 nitrogen and oxygen atoms in total. The average molecular weight is 298 g/mol. The number of benzene rings is 2. The van der Waals surface area contributed by atoms with Gasteiger partial charge in [0.15, 0.2) is 0 Å². The largest absolute Gasteiger partial charge is 0.491 e. The summed E-state index contributed by atoms with van der Waals surface area (Å²) in [5.41, 5.74) is 3.17. The van der Waals surface area contributed by atoms with E-state index in [0.29, 0.717) is 0 Å². The van der Waals surface area contributed by atoms with E-state index in [0.717, 1.165) is 16.9 Å². The fraction of sp³-hybridized carbons (Fsp3) is 0.316. The lowest BCUT2D eigenvalue weighted by molar-refractivity contribution is -0.137. The number of carboxylic acids is 1. The Balaban J connectivity index is 2.28. The molecule has 2 aromatic rings. The molecule has 116 valence electrons. The van der Waals surface area contributed by atoms with E-state index >= 15 is 0 Å². The fourth-order valence-corrected chi connectivity index (χ4v) is 2.45. The quantitative estimate of drug-likeness (QED) is 0.860. The summed E-state index contributed by atoms with van der Waals surface area (Å²) in [4.78, 5) is 11.2. The van der Waals surface area contributed by atoms with Gasteiger partial charge in [-0.1, -0.05) is 42.0 Å². The Kier molecular flexibility index (Phi) is 5.21. The molecule has 0 bridgehead atoms. The zero-order valence-electron chi connectivity index (χ0n) is 13.2. The lowest BCUT2D eigenvalue weighted by Gasteiger charge is -2.17. The van der Waals surface area contributed by atoms with Gasteiger partial charge in [0.05, 0.1) is 12.5 Å². The third kappa shape index (κ3) is 4.35. The Labute approximate surface area is 131 Å². The maximum Gasteiger partial charge on any atom is 0.304 e. The van der Waals surface area contributed by atoms with E-state index in [1.165, 1.54) is 5.56 Å². The Hall–Kier alpha value is -2.29. The minimum atomic E-state index is -0.798. The SMILES string of the molecule is Cc1ccc([C@@H](CC(=O)O)c2ccc(OC(C)C)cc2)cc1. The van der Waals surface area contributed by atoms with Crippen LogP contribution in [-0.2, 0) is 4.79 Å². The van der Waals surface area contributed by atoms with Crippen molar-refractivity contribution in [3.63, 3.8) is 0 Å². The molecule has 2 aromatic carbocycles. The van der Waals surface area contributed by atoms with Crippen molar-refractivity contribution in [2.75, 3.05) is 0 Å². The van der Waals surface area contributed by atoms with Gasteiger partial charge < -0.3 is 9.84 Å². The highest BCUT2D eigenvalue weighted by atomic mass is 16.5. The van der Waals surface area contributed by atoms with Gasteiger partial charge in [0.2, 0.25) is 0 Å². The first-order valence-electron chi connectivity index (χ1n) is 7.50. The van der Waals surface area contributed by atoms with Crippen LogP contribution >= 0.6 is 0 Å². The van der Waals surface area contributed by atoms with Gasteiger partial charge in [0.25, 0.3) is 0 Å². The number of aliphatic carboxylic acids is 1. The molecular weight excluding hydrogens is 276 g/mol. The first-order valence-corrected chi connectivity index (χ1v) is 7.50. The third-order valence-corrected chi connectivity index (χ3v) is 3.51. The first-order chi connectivity index (χ1) is 10.5. The summed E-state index contributed by atoms with van der Waals surface area (Å²) in [6.45, 7) is 5.98. The van der Waals surface area contributed by atoms with E-state index in [-0.39, 0.29) is 18.4 Å². The predicted octanol–water partition coefficient (Wildman–Crippen LogP) is 4.39. The molecule has 2 rings (SSSR count). The Morgan fingerprint density at radius 3 is 1.95 bits per heavy atom. The van der Waals surface area contributed by atoms with Crippen molar-refractivity contribution in [1.29, 1.82) is 0 Å². The van der Waals surface area contributed by atoms with Gasteiger partial charge in [-0.3, -0.25) is 4.79 Å². The molecule has 0 aliphatic heterocycles. The van der Waals surface area contributed by atoms with Crippen LogP contribution in [0, 0.1) is 6.92 Å². The standard InChI is InChI=1S/C19H22O3/c1-13(2)22-17-10-8-16(9-11-17)18(12-19(20)21)15-6-4-14(3)5-7-15/h4-11,13,18H,12H2,1-3H3,(H,20,21)/t18-/m1/s1. The van der Waals surface area contributed by atoms with E-state index in [1.54, 1.807) is 0 Å². The summed E-state index contributed by atoms with van der Waals surface area (Å²) in [7, 11) is 0. The molecule has 1 N–H and O–H groups in total. The maximum absolute atomic E-state index is 11.2. The number of aryl methyl sites for hydroxylation is 1. The van der Waals surface area contributed by atoms with Crippen LogP contribution in [0.25, 0.3) is 0 Å². The number of carbonyl (C=O) groups is 1. The summed E-state index contributed by atoms with van der Waals surface area (Å²) >= 11 is 0. The minimum absolute atomic E-state index is 0.0768. The zero-order valence-corrected chi connectivity index (χ0v) is 13.2. The molecule has 0 aliphatic rings. The summed E-state index contributed by atoms with van der Waals surface area (Å²) in [5.74, 6) is -0.143. The van der Waals surface area contributed by atoms with Gasteiger partial charge >= 0.3 is 5.97 Å². The minimum Gasteiger partial charge on any atom is -0.491 e. The van der Waals surface area contributed by atoms with Crippen LogP contribution < -0.4 is 4.74 Å². The van der Waals surface area contributed by atoms with Gasteiger partial charge in [-0.25, -0.2) is 0 Å². The average Bonchev–Trinajstić information content (AvgIpc) is 2.46. The molecule has 0 aromatic heterocycles. The molecule has 0 fully saturated rings. The van der Waals surface area contributed by atoms with E-state index < -0.39 is 5.97 Å². The number of carboxylic acid groups (broad SMARTS) is 1. The van der Waals surface area contributed by atoms with Crippen LogP contribution in [0.2, 0.25) is 0 Å². The molecule has 0 saturated carbocycles. The lowest BCUT2D eigenvalue weighted by Crippen LogP contribution is -2.09. The van der Waals surface area contributed by atoms with Crippen LogP contribution in [-0.4, -0.2) is 17.2 Å². The molecule has 3 heteroatoms. The lowest BCUT2D eigenvalue weighted by atomic mass is 9.88. The van der Waals surface area contributed by atoms with Crippen molar-refractivity contribution in [3.8, 4) is 5.75 Å². The molecule has 0 heterocycles. The molecule has 1 atom stereocenters. The Morgan fingerprint density at radius 2 is 1.50 bits per heavy atom. The molecular formula is C19H22O3. The van der Waals surface area contributed by atoms with Crippen LogP contribution in [0.3, 0.4) is 0 Å². The molecule has 0 amide bonds. The topological polar surface area (TPSA) is 46.5 Å². The van der Waals surface area contributed by atoms with Crippen LogP contribution in [0.1, 0.15) is 42.9 Å². The van der Waals surface area contributed by atoms with E-state index in [9.17, 15) is 9.90 Å². The van der Waals surface area contributed by atoms with Crippen molar-refractivity contribution >= 4 is 5.97 Å². The third-order valence-electron chi connectivity index (χ3n) is 3.51. The molecule has 22 heavy (non-hydrogen) atoms. The number of hydrogen-bond donors (Lipinski definition) is 1. The van der Waals surface area contributed by atoms with Crippen LogP contribution in [0.5, 0.6) is 5.75 Å². The van der Waals surface area contributed by atoms with Crippen molar-refractivity contribution in [1.82, 2.24) is 0 Å². The summed E-state index contributed by atoms with van der Waals surface area (Å²) in [5, 5.41) is 9.21. The van der Waals surface area contributed by atoms with Crippen molar-refractivity contribution in [2.24, 2.45) is 0 Å². The van der Waals surface area contributed by atoms with Crippen LogP contribution in [0.4, 0.5) is 0 Å². The van der Waals surface area contributed by atoms with Crippen molar-refractivity contribution in [2.45, 2.75) is 39.2 Å². The van der Waals surface area contributed by atoms with E-state index in [4.69, 9.17) is 4.74 Å². The van der Waals surface area contributed by atoms with Gasteiger partial charge in [-0.2, -0.15) is 0 Å². The molecule has 0 aliphatic carbocycles. The van der Waals surface area contributed by atoms with E-state index in [1.807, 2.05) is 69.3 Å². The summed E-state index contributed by atoms with van der Waals surface area (Å²) < 4.78 is 5.64. The smallest absolute Gasteiger partial charge is 0.304 e. The van der Waals surface area contributed by atoms with Gasteiger partial charge in [0, 0.05) is 5.92 Å². The normalized spacial score (nSPS) is 12.2. The second-order valence-electron chi connectivity index (χ2n) is 5.80. The van der Waals surface area contributed by atoms with Gasteiger partial charge in [0.1, 0.15) is 5.75 Å². The van der Waals surface area contributed by atoms with Gasteiger partial charge in [-0.05, 0) is 44.0 Å². The highest BCUT2D eigenvalue weighted by Gasteiger charge is 2.18. The van der Waals surface area contributed by atoms with E-state index in [2.05, 4.69) is 0 Å². The zero-order chi connectivity index (χ0) is 16.1. The summed E-state index contributed by atoms with van der Waals surface area (Å²) in [6, 6.07) is 15.7. The highest BCUT2D eigenvalue weighted by molar-refractivity contribution is 5.69. The highest BCUT2D eigenvalue weighted by Crippen LogP contribution is 2.29. The van der Waals surface area contributed by atoms with Crippen molar-refractivity contribution in [3.05, 3.63) is 65.2 Å². The molecule has 0 saturated heterocycles. The molecule has 0 unspecified atom stereocenters. The van der Waals surface area contributed by atoms with Gasteiger partial charge in [-0.15, -0.1) is 0 Å². The fourth-order valence-electron chi connectivity index (χ4n) is 2.45. The van der Waals surface area contributed by atoms with Crippen molar-refractivity contribution < 1.29 is 14.6 Å². The second-order valence-corrected chi connectivity index (χ2v) is 5.80. The summed E-state index contributed by atoms with van der Waals surface area (Å²) in [6.07, 6.45) is 0.200. The predicted molar refractivity (Wildman–Crippen MR) is 87.5 cm³/mol. The Bertz CT molecular complexity index is 612. The number of rotatable bonds is 6. The first kappa shape index (κ1) is 16.1. The monoisotopic (exact) mass is 298 g/mol.